The molecular formula is C12H8ClN3. The van der Waals surface area contributed by atoms with Crippen LogP contribution >= 0.6 is 11.6 Å². The van der Waals surface area contributed by atoms with Crippen LogP contribution in [0.1, 0.15) is 0 Å². The Hall–Kier alpha value is -1.87. The van der Waals surface area contributed by atoms with Gasteiger partial charge in [0.25, 0.3) is 0 Å². The number of benzene rings is 2. The van der Waals surface area contributed by atoms with E-state index in [4.69, 9.17) is 17.3 Å². The van der Waals surface area contributed by atoms with Crippen molar-refractivity contribution in [3.05, 3.63) is 41.4 Å². The van der Waals surface area contributed by atoms with Gasteiger partial charge in [0.1, 0.15) is 5.52 Å². The Labute approximate surface area is 96.9 Å². The molecule has 0 atom stereocenters. The molecule has 0 spiro atoms. The predicted octanol–water partition coefficient (Wildman–Crippen LogP) is 3.02. The Balaban J connectivity index is 2.51. The van der Waals surface area contributed by atoms with Crippen LogP contribution in [0.5, 0.6) is 0 Å². The number of para-hydroxylation sites is 2. The lowest BCUT2D eigenvalue weighted by Crippen LogP contribution is -1.93. The zero-order chi connectivity index (χ0) is 11.1. The van der Waals surface area contributed by atoms with Crippen molar-refractivity contribution in [1.29, 1.82) is 0 Å². The van der Waals surface area contributed by atoms with Gasteiger partial charge in [-0.25, -0.2) is 9.97 Å². The summed E-state index contributed by atoms with van der Waals surface area (Å²) in [5.41, 5.74) is 9.46. The van der Waals surface area contributed by atoms with Crippen molar-refractivity contribution in [2.24, 2.45) is 0 Å². The second-order valence-electron chi connectivity index (χ2n) is 3.54. The number of rotatable bonds is 0. The molecule has 0 aliphatic rings. The number of fused-ring (bicyclic) bond motifs is 2. The van der Waals surface area contributed by atoms with Gasteiger partial charge in [0.05, 0.1) is 27.3 Å². The number of anilines is 1. The van der Waals surface area contributed by atoms with Crippen LogP contribution in [0.15, 0.2) is 36.4 Å². The first-order valence-corrected chi connectivity index (χ1v) is 5.24. The van der Waals surface area contributed by atoms with Gasteiger partial charge in [0.15, 0.2) is 0 Å². The number of hydrogen-bond acceptors (Lipinski definition) is 3. The molecule has 1 aromatic heterocycles. The molecule has 0 aliphatic carbocycles. The highest BCUT2D eigenvalue weighted by Crippen LogP contribution is 2.27. The monoisotopic (exact) mass is 229 g/mol. The normalized spacial score (nSPS) is 11.1. The molecule has 3 aromatic rings. The van der Waals surface area contributed by atoms with Crippen LogP contribution in [0.3, 0.4) is 0 Å². The lowest BCUT2D eigenvalue weighted by atomic mass is 10.2. The maximum atomic E-state index is 5.95. The molecule has 3 nitrogen and oxygen atoms in total. The van der Waals surface area contributed by atoms with E-state index in [1.807, 2.05) is 30.3 Å². The molecular weight excluding hydrogens is 222 g/mol. The van der Waals surface area contributed by atoms with E-state index in [0.717, 1.165) is 16.6 Å². The summed E-state index contributed by atoms with van der Waals surface area (Å²) in [7, 11) is 0. The highest BCUT2D eigenvalue weighted by atomic mass is 35.5. The maximum absolute atomic E-state index is 5.95. The van der Waals surface area contributed by atoms with Crippen molar-refractivity contribution in [3.63, 3.8) is 0 Å². The van der Waals surface area contributed by atoms with Gasteiger partial charge in [0.2, 0.25) is 0 Å². The fourth-order valence-corrected chi connectivity index (χ4v) is 1.84. The highest BCUT2D eigenvalue weighted by Gasteiger charge is 2.06. The topological polar surface area (TPSA) is 51.8 Å². The van der Waals surface area contributed by atoms with Gasteiger partial charge in [-0.3, -0.25) is 0 Å². The average molecular weight is 230 g/mol. The minimum absolute atomic E-state index is 0.484. The van der Waals surface area contributed by atoms with Crippen LogP contribution in [0.2, 0.25) is 5.02 Å². The summed E-state index contributed by atoms with van der Waals surface area (Å²) in [5.74, 6) is 0. The van der Waals surface area contributed by atoms with Gasteiger partial charge in [-0.15, -0.1) is 0 Å². The summed E-state index contributed by atoms with van der Waals surface area (Å²) in [5, 5.41) is 0.511. The van der Waals surface area contributed by atoms with Gasteiger partial charge in [0, 0.05) is 0 Å². The SMILES string of the molecule is Nc1c(Cl)ccc2nc3ccccc3nc12. The van der Waals surface area contributed by atoms with Crippen LogP contribution in [-0.2, 0) is 0 Å². The van der Waals surface area contributed by atoms with Gasteiger partial charge in [-0.1, -0.05) is 23.7 Å². The second-order valence-corrected chi connectivity index (χ2v) is 3.95. The van der Waals surface area contributed by atoms with Crippen molar-refractivity contribution in [1.82, 2.24) is 9.97 Å². The number of aromatic nitrogens is 2. The first kappa shape index (κ1) is 9.36. The minimum atomic E-state index is 0.484. The Morgan fingerprint density at radius 2 is 1.56 bits per heavy atom. The zero-order valence-electron chi connectivity index (χ0n) is 8.31. The minimum Gasteiger partial charge on any atom is -0.396 e. The smallest absolute Gasteiger partial charge is 0.114 e. The standard InChI is InChI=1S/C12H8ClN3/c13-7-5-6-10-12(11(7)14)16-9-4-2-1-3-8(9)15-10/h1-6H,14H2. The van der Waals surface area contributed by atoms with E-state index >= 15 is 0 Å². The van der Waals surface area contributed by atoms with Crippen LogP contribution in [0, 0.1) is 0 Å². The van der Waals surface area contributed by atoms with Crippen LogP contribution < -0.4 is 5.73 Å². The lowest BCUT2D eigenvalue weighted by Gasteiger charge is -2.04. The van der Waals surface area contributed by atoms with Crippen molar-refractivity contribution < 1.29 is 0 Å². The summed E-state index contributed by atoms with van der Waals surface area (Å²) in [6.45, 7) is 0. The van der Waals surface area contributed by atoms with Crippen LogP contribution in [0.25, 0.3) is 22.1 Å². The fraction of sp³-hybridized carbons (Fsp3) is 0. The molecule has 0 unspecified atom stereocenters. The third-order valence-corrected chi connectivity index (χ3v) is 2.83. The third-order valence-electron chi connectivity index (χ3n) is 2.50. The summed E-state index contributed by atoms with van der Waals surface area (Å²) >= 11 is 5.95. The van der Waals surface area contributed by atoms with Crippen LogP contribution in [-0.4, -0.2) is 9.97 Å². The zero-order valence-corrected chi connectivity index (χ0v) is 9.07. The van der Waals surface area contributed by atoms with E-state index in [2.05, 4.69) is 9.97 Å². The van der Waals surface area contributed by atoms with Gasteiger partial charge >= 0.3 is 0 Å². The lowest BCUT2D eigenvalue weighted by molar-refractivity contribution is 1.40. The molecule has 0 amide bonds. The predicted molar refractivity (Wildman–Crippen MR) is 66.5 cm³/mol. The molecule has 0 radical (unpaired) electrons. The summed E-state index contributed by atoms with van der Waals surface area (Å²) in [6, 6.07) is 11.2. The van der Waals surface area contributed by atoms with Crippen LogP contribution in [0.4, 0.5) is 5.69 Å². The van der Waals surface area contributed by atoms with E-state index in [0.29, 0.717) is 16.2 Å². The number of halogens is 1. The maximum Gasteiger partial charge on any atom is 0.114 e. The molecule has 4 heteroatoms. The van der Waals surface area contributed by atoms with E-state index in [1.165, 1.54) is 0 Å². The van der Waals surface area contributed by atoms with Gasteiger partial charge < -0.3 is 5.73 Å². The molecule has 2 aromatic carbocycles. The molecule has 16 heavy (non-hydrogen) atoms. The summed E-state index contributed by atoms with van der Waals surface area (Å²) in [4.78, 5) is 8.94. The summed E-state index contributed by atoms with van der Waals surface area (Å²) < 4.78 is 0. The van der Waals surface area contributed by atoms with Gasteiger partial charge in [-0.05, 0) is 24.3 Å². The highest BCUT2D eigenvalue weighted by molar-refractivity contribution is 6.34. The first-order chi connectivity index (χ1) is 7.75. The Kier molecular flexibility index (Phi) is 1.94. The number of nitrogen functional groups attached to an aromatic ring is 1. The van der Waals surface area contributed by atoms with E-state index in [9.17, 15) is 0 Å². The van der Waals surface area contributed by atoms with Gasteiger partial charge in [-0.2, -0.15) is 0 Å². The third kappa shape index (κ3) is 1.29. The summed E-state index contributed by atoms with van der Waals surface area (Å²) in [6.07, 6.45) is 0. The quantitative estimate of drug-likeness (QED) is 0.476. The molecule has 1 heterocycles. The molecule has 2 N–H and O–H groups in total. The number of hydrogen-bond donors (Lipinski definition) is 1. The Morgan fingerprint density at radius 3 is 2.31 bits per heavy atom. The number of nitrogens with zero attached hydrogens (tertiary/aromatic N) is 2. The van der Waals surface area contributed by atoms with Crippen molar-refractivity contribution in [3.8, 4) is 0 Å². The molecule has 78 valence electrons. The molecule has 0 aliphatic heterocycles. The Bertz CT molecular complexity index is 694. The molecule has 0 saturated heterocycles. The first-order valence-electron chi connectivity index (χ1n) is 4.86. The Morgan fingerprint density at radius 1 is 0.875 bits per heavy atom. The number of nitrogens with two attached hydrogens (primary N) is 1. The molecule has 0 bridgehead atoms. The van der Waals surface area contributed by atoms with Crippen molar-refractivity contribution >= 4 is 39.4 Å². The van der Waals surface area contributed by atoms with E-state index in [-0.39, 0.29) is 0 Å². The molecule has 0 fully saturated rings. The second kappa shape index (κ2) is 3.32. The van der Waals surface area contributed by atoms with E-state index in [1.54, 1.807) is 6.07 Å². The molecule has 3 rings (SSSR count). The van der Waals surface area contributed by atoms with E-state index < -0.39 is 0 Å². The van der Waals surface area contributed by atoms with Crippen molar-refractivity contribution in [2.75, 3.05) is 5.73 Å². The largest absolute Gasteiger partial charge is 0.396 e. The molecule has 0 saturated carbocycles. The van der Waals surface area contributed by atoms with Crippen molar-refractivity contribution in [2.45, 2.75) is 0 Å². The fourth-order valence-electron chi connectivity index (χ4n) is 1.68. The average Bonchev–Trinajstić information content (AvgIpc) is 2.32.